The molecule has 0 bridgehead atoms. The fourth-order valence-corrected chi connectivity index (χ4v) is 1.25. The number of hydrogen-bond acceptors (Lipinski definition) is 4. The molecule has 74 valence electrons. The van der Waals surface area contributed by atoms with E-state index < -0.39 is 10.1 Å². The van der Waals surface area contributed by atoms with Crippen LogP contribution in [0.1, 0.15) is 8.35 Å². The van der Waals surface area contributed by atoms with Gasteiger partial charge < -0.3 is 11.3 Å². The monoisotopic (exact) mass is 225 g/mol. The molecule has 1 aromatic rings. The third-order valence-electron chi connectivity index (χ3n) is 1.46. The third kappa shape index (κ3) is 4.32. The molecule has 0 aromatic heterocycles. The maximum Gasteiger partial charge on any atom is 1.00 e. The van der Waals surface area contributed by atoms with Crippen LogP contribution in [0.4, 0.5) is 5.69 Å². The minimum atomic E-state index is -3.43. The van der Waals surface area contributed by atoms with Gasteiger partial charge >= 0.3 is 39.7 Å². The SMILES string of the molecule is CCS(=O)(=O)Oc1ccc(N)cc1.[H-].[Na+]. The smallest absolute Gasteiger partial charge is 1.00 e. The van der Waals surface area contributed by atoms with Crippen molar-refractivity contribution in [2.75, 3.05) is 11.5 Å². The van der Waals surface area contributed by atoms with Crippen LogP contribution in [0.3, 0.4) is 0 Å². The second kappa shape index (κ2) is 5.60. The van der Waals surface area contributed by atoms with Gasteiger partial charge in [0.05, 0.1) is 5.75 Å². The Morgan fingerprint density at radius 1 is 1.36 bits per heavy atom. The van der Waals surface area contributed by atoms with Gasteiger partial charge in [0.25, 0.3) is 0 Å². The fourth-order valence-electron chi connectivity index (χ4n) is 0.729. The first kappa shape index (κ1) is 13.8. The molecule has 1 rings (SSSR count). The standard InChI is InChI=1S/C8H11NO3S.Na.H/c1-2-13(10,11)12-8-5-3-7(9)4-6-8;;/h3-6H,2,9H2,1H3;;/q;+1;-1. The zero-order valence-corrected chi connectivity index (χ0v) is 11.0. The number of benzene rings is 1. The number of nitrogen functional groups attached to an aromatic ring is 1. The van der Waals surface area contributed by atoms with Crippen LogP contribution in [0.5, 0.6) is 5.75 Å². The molecular formula is C8H12NNaO3S. The number of anilines is 1. The second-order valence-corrected chi connectivity index (χ2v) is 4.36. The average Bonchev–Trinajstić information content (AvgIpc) is 2.09. The fraction of sp³-hybridized carbons (Fsp3) is 0.250. The summed E-state index contributed by atoms with van der Waals surface area (Å²) in [5, 5.41) is 0. The Kier molecular flexibility index (Phi) is 5.51. The van der Waals surface area contributed by atoms with Crippen molar-refractivity contribution in [2.24, 2.45) is 0 Å². The van der Waals surface area contributed by atoms with Gasteiger partial charge in [-0.1, -0.05) is 0 Å². The molecule has 0 aliphatic carbocycles. The summed E-state index contributed by atoms with van der Waals surface area (Å²) in [4.78, 5) is 0. The Labute approximate surface area is 107 Å². The number of hydrogen-bond donors (Lipinski definition) is 1. The van der Waals surface area contributed by atoms with Crippen molar-refractivity contribution < 1.29 is 43.6 Å². The molecule has 0 unspecified atom stereocenters. The Bertz CT molecular complexity index is 379. The van der Waals surface area contributed by atoms with Gasteiger partial charge in [0.2, 0.25) is 0 Å². The molecular weight excluding hydrogens is 213 g/mol. The minimum absolute atomic E-state index is 0. The molecule has 0 radical (unpaired) electrons. The van der Waals surface area contributed by atoms with Gasteiger partial charge in [-0.15, -0.1) is 0 Å². The van der Waals surface area contributed by atoms with E-state index in [0.717, 1.165) is 0 Å². The van der Waals surface area contributed by atoms with Crippen LogP contribution in [0.2, 0.25) is 0 Å². The van der Waals surface area contributed by atoms with E-state index in [4.69, 9.17) is 9.92 Å². The molecule has 0 aliphatic heterocycles. The molecule has 4 nitrogen and oxygen atoms in total. The van der Waals surface area contributed by atoms with Crippen LogP contribution >= 0.6 is 0 Å². The molecule has 0 heterocycles. The van der Waals surface area contributed by atoms with E-state index in [1.165, 1.54) is 19.1 Å². The molecule has 0 saturated heterocycles. The molecule has 0 amide bonds. The van der Waals surface area contributed by atoms with E-state index in [-0.39, 0.29) is 42.5 Å². The normalized spacial score (nSPS) is 10.4. The minimum Gasteiger partial charge on any atom is -1.00 e. The average molecular weight is 225 g/mol. The van der Waals surface area contributed by atoms with Gasteiger partial charge in [-0.3, -0.25) is 0 Å². The Hall–Kier alpha value is -0.230. The first-order valence-electron chi connectivity index (χ1n) is 3.81. The maximum atomic E-state index is 11.0. The van der Waals surface area contributed by atoms with Gasteiger partial charge in [0, 0.05) is 5.69 Å². The second-order valence-electron chi connectivity index (χ2n) is 2.50. The zero-order valence-electron chi connectivity index (χ0n) is 9.23. The summed E-state index contributed by atoms with van der Waals surface area (Å²) < 4.78 is 26.7. The van der Waals surface area contributed by atoms with E-state index in [1.54, 1.807) is 12.1 Å². The Balaban J connectivity index is 0. The maximum absolute atomic E-state index is 11.0. The summed E-state index contributed by atoms with van der Waals surface area (Å²) in [6.45, 7) is 1.52. The van der Waals surface area contributed by atoms with E-state index in [2.05, 4.69) is 0 Å². The number of rotatable bonds is 3. The van der Waals surface area contributed by atoms with Crippen LogP contribution in [-0.2, 0) is 10.1 Å². The van der Waals surface area contributed by atoms with Crippen LogP contribution in [0.25, 0.3) is 0 Å². The molecule has 0 spiro atoms. The first-order chi connectivity index (χ1) is 6.03. The Morgan fingerprint density at radius 2 is 1.86 bits per heavy atom. The zero-order chi connectivity index (χ0) is 9.90. The summed E-state index contributed by atoms with van der Waals surface area (Å²) in [6, 6.07) is 6.20. The van der Waals surface area contributed by atoms with Crippen molar-refractivity contribution in [2.45, 2.75) is 6.92 Å². The van der Waals surface area contributed by atoms with Gasteiger partial charge in [0.15, 0.2) is 0 Å². The Morgan fingerprint density at radius 3 is 2.29 bits per heavy atom. The van der Waals surface area contributed by atoms with E-state index in [9.17, 15) is 8.42 Å². The predicted molar refractivity (Wildman–Crippen MR) is 52.1 cm³/mol. The summed E-state index contributed by atoms with van der Waals surface area (Å²) in [6.07, 6.45) is 0. The molecule has 0 atom stereocenters. The van der Waals surface area contributed by atoms with Crippen molar-refractivity contribution >= 4 is 15.8 Å². The molecule has 0 fully saturated rings. The molecule has 2 N–H and O–H groups in total. The van der Waals surface area contributed by atoms with Crippen LogP contribution < -0.4 is 39.5 Å². The van der Waals surface area contributed by atoms with Crippen LogP contribution in [0, 0.1) is 0 Å². The molecule has 0 aliphatic rings. The first-order valence-corrected chi connectivity index (χ1v) is 5.39. The van der Waals surface area contributed by atoms with Crippen molar-refractivity contribution in [1.82, 2.24) is 0 Å². The summed E-state index contributed by atoms with van der Waals surface area (Å²) in [5.74, 6) is 0.244. The van der Waals surface area contributed by atoms with Crippen molar-refractivity contribution in [3.8, 4) is 5.75 Å². The summed E-state index contributed by atoms with van der Waals surface area (Å²) in [7, 11) is -3.43. The van der Waals surface area contributed by atoms with Crippen LogP contribution in [0.15, 0.2) is 24.3 Å². The van der Waals surface area contributed by atoms with Gasteiger partial charge in [-0.05, 0) is 31.2 Å². The van der Waals surface area contributed by atoms with Gasteiger partial charge in [-0.25, -0.2) is 0 Å². The van der Waals surface area contributed by atoms with Gasteiger partial charge in [0.1, 0.15) is 5.75 Å². The van der Waals surface area contributed by atoms with Crippen molar-refractivity contribution in [3.05, 3.63) is 24.3 Å². The third-order valence-corrected chi connectivity index (χ3v) is 2.61. The van der Waals surface area contributed by atoms with E-state index >= 15 is 0 Å². The quantitative estimate of drug-likeness (QED) is 0.371. The summed E-state index contributed by atoms with van der Waals surface area (Å²) >= 11 is 0. The van der Waals surface area contributed by atoms with Crippen LogP contribution in [-0.4, -0.2) is 14.2 Å². The van der Waals surface area contributed by atoms with Crippen molar-refractivity contribution in [1.29, 1.82) is 0 Å². The van der Waals surface area contributed by atoms with E-state index in [0.29, 0.717) is 5.69 Å². The predicted octanol–water partition coefficient (Wildman–Crippen LogP) is -1.89. The summed E-state index contributed by atoms with van der Waals surface area (Å²) in [5.41, 5.74) is 5.99. The molecule has 6 heteroatoms. The number of nitrogens with two attached hydrogens (primary N) is 1. The van der Waals surface area contributed by atoms with E-state index in [1.807, 2.05) is 0 Å². The topological polar surface area (TPSA) is 69.4 Å². The molecule has 14 heavy (non-hydrogen) atoms. The molecule has 0 saturated carbocycles. The van der Waals surface area contributed by atoms with Crippen molar-refractivity contribution in [3.63, 3.8) is 0 Å². The molecule has 1 aromatic carbocycles. The van der Waals surface area contributed by atoms with Gasteiger partial charge in [-0.2, -0.15) is 8.42 Å². The largest absolute Gasteiger partial charge is 1.00 e.